The van der Waals surface area contributed by atoms with Gasteiger partial charge in [0.25, 0.3) is 0 Å². The number of amides is 1. The zero-order chi connectivity index (χ0) is 14.1. The Bertz CT molecular complexity index is 405. The van der Waals surface area contributed by atoms with Crippen LogP contribution in [0.3, 0.4) is 0 Å². The molecule has 1 aromatic carbocycles. The lowest BCUT2D eigenvalue weighted by Crippen LogP contribution is -2.27. The van der Waals surface area contributed by atoms with E-state index in [0.717, 1.165) is 5.56 Å². The number of carbonyl (C=O) groups excluding carboxylic acids is 1. The van der Waals surface area contributed by atoms with Gasteiger partial charge in [0, 0.05) is 25.5 Å². The van der Waals surface area contributed by atoms with E-state index in [1.807, 2.05) is 30.3 Å². The van der Waals surface area contributed by atoms with E-state index in [1.54, 1.807) is 0 Å². The van der Waals surface area contributed by atoms with Crippen molar-refractivity contribution in [1.82, 2.24) is 5.32 Å². The van der Waals surface area contributed by atoms with Gasteiger partial charge >= 0.3 is 5.97 Å². The molecule has 104 valence electrons. The summed E-state index contributed by atoms with van der Waals surface area (Å²) in [5, 5.41) is 20.2. The summed E-state index contributed by atoms with van der Waals surface area (Å²) in [4.78, 5) is 22.6. The van der Waals surface area contributed by atoms with Gasteiger partial charge in [0.2, 0.25) is 5.91 Å². The summed E-state index contributed by atoms with van der Waals surface area (Å²) in [5.41, 5.74) is 0.849. The van der Waals surface area contributed by atoms with Gasteiger partial charge in [-0.3, -0.25) is 9.59 Å². The highest BCUT2D eigenvalue weighted by Gasteiger charge is 2.18. The van der Waals surface area contributed by atoms with Crippen molar-refractivity contribution in [3.05, 3.63) is 35.9 Å². The third-order valence-electron chi connectivity index (χ3n) is 2.78. The minimum Gasteiger partial charge on any atom is -0.481 e. The fraction of sp³-hybridized carbons (Fsp3) is 0.429. The summed E-state index contributed by atoms with van der Waals surface area (Å²) in [6.07, 6.45) is 0.569. The first-order valence-corrected chi connectivity index (χ1v) is 6.27. The van der Waals surface area contributed by atoms with Crippen LogP contribution in [0.2, 0.25) is 0 Å². The molecule has 1 amide bonds. The Morgan fingerprint density at radius 3 is 2.42 bits per heavy atom. The van der Waals surface area contributed by atoms with Crippen LogP contribution in [0.5, 0.6) is 0 Å². The van der Waals surface area contributed by atoms with Gasteiger partial charge in [-0.05, 0) is 12.0 Å². The summed E-state index contributed by atoms with van der Waals surface area (Å²) < 4.78 is 0. The molecular weight excluding hydrogens is 246 g/mol. The normalized spacial score (nSPS) is 11.8. The molecule has 0 aliphatic rings. The summed E-state index contributed by atoms with van der Waals surface area (Å²) >= 11 is 0. The Morgan fingerprint density at radius 1 is 1.16 bits per heavy atom. The maximum absolute atomic E-state index is 11.7. The van der Waals surface area contributed by atoms with Gasteiger partial charge in [-0.25, -0.2) is 0 Å². The Kier molecular flexibility index (Phi) is 6.60. The van der Waals surface area contributed by atoms with Crippen molar-refractivity contribution < 1.29 is 19.8 Å². The van der Waals surface area contributed by atoms with E-state index in [9.17, 15) is 9.59 Å². The van der Waals surface area contributed by atoms with Crippen LogP contribution in [0.15, 0.2) is 30.3 Å². The molecule has 0 aliphatic heterocycles. The number of aliphatic hydroxyl groups is 1. The van der Waals surface area contributed by atoms with Crippen molar-refractivity contribution in [1.29, 1.82) is 0 Å². The van der Waals surface area contributed by atoms with Crippen molar-refractivity contribution in [2.45, 2.75) is 25.2 Å². The number of hydrogen-bond acceptors (Lipinski definition) is 3. The van der Waals surface area contributed by atoms with Crippen LogP contribution in [0.25, 0.3) is 0 Å². The first-order chi connectivity index (χ1) is 9.13. The minimum atomic E-state index is -0.919. The summed E-state index contributed by atoms with van der Waals surface area (Å²) in [6, 6.07) is 9.16. The van der Waals surface area contributed by atoms with Gasteiger partial charge in [-0.2, -0.15) is 0 Å². The number of nitrogens with one attached hydrogen (secondary N) is 1. The molecule has 0 fully saturated rings. The predicted octanol–water partition coefficient (Wildman–Crippen LogP) is 1.13. The zero-order valence-corrected chi connectivity index (χ0v) is 10.7. The summed E-state index contributed by atoms with van der Waals surface area (Å²) in [5.74, 6) is -1.44. The van der Waals surface area contributed by atoms with Gasteiger partial charge in [0.15, 0.2) is 0 Å². The number of benzene rings is 1. The molecule has 3 N–H and O–H groups in total. The Hall–Kier alpha value is -1.88. The van der Waals surface area contributed by atoms with Crippen LogP contribution in [0.1, 0.15) is 30.7 Å². The average molecular weight is 265 g/mol. The topological polar surface area (TPSA) is 86.6 Å². The second kappa shape index (κ2) is 8.26. The monoisotopic (exact) mass is 265 g/mol. The Labute approximate surface area is 112 Å². The first-order valence-electron chi connectivity index (χ1n) is 6.27. The summed E-state index contributed by atoms with van der Waals surface area (Å²) in [6.45, 7) is 0.432. The number of aliphatic hydroxyl groups excluding tert-OH is 1. The number of rotatable bonds is 8. The highest BCUT2D eigenvalue weighted by Crippen LogP contribution is 2.23. The molecule has 0 aromatic heterocycles. The molecule has 19 heavy (non-hydrogen) atoms. The molecule has 1 aromatic rings. The Morgan fingerprint density at radius 2 is 1.84 bits per heavy atom. The highest BCUT2D eigenvalue weighted by atomic mass is 16.4. The fourth-order valence-corrected chi connectivity index (χ4v) is 1.85. The van der Waals surface area contributed by atoms with Crippen LogP contribution in [-0.2, 0) is 9.59 Å². The highest BCUT2D eigenvalue weighted by molar-refractivity contribution is 5.78. The number of hydrogen-bond donors (Lipinski definition) is 3. The molecule has 1 atom stereocenters. The fourth-order valence-electron chi connectivity index (χ4n) is 1.85. The molecule has 0 bridgehead atoms. The van der Waals surface area contributed by atoms with Crippen LogP contribution >= 0.6 is 0 Å². The minimum absolute atomic E-state index is 0.0253. The van der Waals surface area contributed by atoms with Crippen molar-refractivity contribution in [3.8, 4) is 0 Å². The zero-order valence-electron chi connectivity index (χ0n) is 10.7. The maximum atomic E-state index is 11.7. The lowest BCUT2D eigenvalue weighted by Gasteiger charge is -2.15. The van der Waals surface area contributed by atoms with Gasteiger partial charge in [0.05, 0.1) is 6.42 Å². The van der Waals surface area contributed by atoms with E-state index in [2.05, 4.69) is 5.32 Å². The van der Waals surface area contributed by atoms with Crippen molar-refractivity contribution in [2.24, 2.45) is 0 Å². The van der Waals surface area contributed by atoms with Crippen molar-refractivity contribution in [3.63, 3.8) is 0 Å². The van der Waals surface area contributed by atoms with E-state index < -0.39 is 5.97 Å². The molecule has 5 heteroatoms. The van der Waals surface area contributed by atoms with Crippen molar-refractivity contribution >= 4 is 11.9 Å². The number of aliphatic carboxylic acids is 1. The van der Waals surface area contributed by atoms with Gasteiger partial charge in [-0.1, -0.05) is 30.3 Å². The summed E-state index contributed by atoms with van der Waals surface area (Å²) in [7, 11) is 0. The van der Waals surface area contributed by atoms with E-state index in [4.69, 9.17) is 10.2 Å². The first kappa shape index (κ1) is 15.2. The number of carboxylic acid groups (broad SMARTS) is 1. The predicted molar refractivity (Wildman–Crippen MR) is 70.8 cm³/mol. The molecule has 5 nitrogen and oxygen atoms in total. The molecule has 0 radical (unpaired) electrons. The third-order valence-corrected chi connectivity index (χ3v) is 2.78. The lowest BCUT2D eigenvalue weighted by atomic mass is 9.92. The molecular formula is C14H19NO4. The smallest absolute Gasteiger partial charge is 0.303 e. The molecule has 0 heterocycles. The van der Waals surface area contributed by atoms with Crippen LogP contribution in [0, 0.1) is 0 Å². The standard InChI is InChI=1S/C14H19NO4/c16-8-4-7-15-13(17)9-12(10-14(18)19)11-5-2-1-3-6-11/h1-3,5-6,12,16H,4,7-10H2,(H,15,17)(H,18,19)/t12-/m1/s1. The molecule has 0 unspecified atom stereocenters. The van der Waals surface area contributed by atoms with Gasteiger partial charge in [0.1, 0.15) is 0 Å². The van der Waals surface area contributed by atoms with Crippen molar-refractivity contribution in [2.75, 3.05) is 13.2 Å². The quantitative estimate of drug-likeness (QED) is 0.615. The molecule has 0 saturated carbocycles. The second-order valence-corrected chi connectivity index (χ2v) is 4.34. The third kappa shape index (κ3) is 6.01. The molecule has 0 saturated heterocycles. The van der Waals surface area contributed by atoms with E-state index in [0.29, 0.717) is 13.0 Å². The molecule has 1 rings (SSSR count). The molecule has 0 spiro atoms. The SMILES string of the molecule is O=C(O)C[C@@H](CC(=O)NCCCO)c1ccccc1. The average Bonchev–Trinajstić information content (AvgIpc) is 2.39. The van der Waals surface area contributed by atoms with E-state index >= 15 is 0 Å². The second-order valence-electron chi connectivity index (χ2n) is 4.34. The molecule has 0 aliphatic carbocycles. The van der Waals surface area contributed by atoms with Gasteiger partial charge in [-0.15, -0.1) is 0 Å². The maximum Gasteiger partial charge on any atom is 0.303 e. The largest absolute Gasteiger partial charge is 0.481 e. The van der Waals surface area contributed by atoms with Gasteiger partial charge < -0.3 is 15.5 Å². The van der Waals surface area contributed by atoms with E-state index in [-0.39, 0.29) is 31.3 Å². The van der Waals surface area contributed by atoms with Crippen LogP contribution in [0.4, 0.5) is 0 Å². The lowest BCUT2D eigenvalue weighted by molar-refractivity contribution is -0.137. The number of carboxylic acids is 1. The van der Waals surface area contributed by atoms with E-state index in [1.165, 1.54) is 0 Å². The Balaban J connectivity index is 2.60. The van der Waals surface area contributed by atoms with Crippen LogP contribution < -0.4 is 5.32 Å². The number of carbonyl (C=O) groups is 2. The van der Waals surface area contributed by atoms with Crippen LogP contribution in [-0.4, -0.2) is 35.2 Å².